The first-order valence-corrected chi connectivity index (χ1v) is 5.86. The molecule has 90 valence electrons. The minimum atomic E-state index is 0.537. The second kappa shape index (κ2) is 4.34. The molecule has 3 nitrogen and oxygen atoms in total. The van der Waals surface area contributed by atoms with Crippen LogP contribution in [-0.2, 0) is 6.54 Å². The summed E-state index contributed by atoms with van der Waals surface area (Å²) < 4.78 is 1.99. The largest absolute Gasteiger partial charge is 0.326 e. The van der Waals surface area contributed by atoms with Crippen molar-refractivity contribution in [3.05, 3.63) is 46.3 Å². The summed E-state index contributed by atoms with van der Waals surface area (Å²) in [5.74, 6) is 0. The molecule has 0 bridgehead atoms. The molecular weight excluding hydrogens is 210 g/mol. The molecule has 2 rings (SSSR count). The highest BCUT2D eigenvalue weighted by molar-refractivity contribution is 5.50. The zero-order chi connectivity index (χ0) is 12.6. The van der Waals surface area contributed by atoms with Crippen LogP contribution in [-0.4, -0.2) is 9.78 Å². The van der Waals surface area contributed by atoms with Crippen molar-refractivity contribution in [2.24, 2.45) is 5.73 Å². The fraction of sp³-hybridized carbons (Fsp3) is 0.357. The van der Waals surface area contributed by atoms with Crippen LogP contribution < -0.4 is 5.73 Å². The highest BCUT2D eigenvalue weighted by Gasteiger charge is 2.11. The third kappa shape index (κ3) is 1.98. The predicted molar refractivity (Wildman–Crippen MR) is 70.4 cm³/mol. The maximum atomic E-state index is 5.69. The fourth-order valence-corrected chi connectivity index (χ4v) is 2.38. The van der Waals surface area contributed by atoms with Gasteiger partial charge in [-0.3, -0.25) is 0 Å². The number of nitrogens with zero attached hydrogens (tertiary/aromatic N) is 2. The molecule has 0 aliphatic carbocycles. The Bertz CT molecular complexity index is 530. The minimum absolute atomic E-state index is 0.537. The van der Waals surface area contributed by atoms with Gasteiger partial charge in [-0.1, -0.05) is 17.7 Å². The molecule has 2 aromatic rings. The first kappa shape index (κ1) is 11.9. The van der Waals surface area contributed by atoms with E-state index < -0.39 is 0 Å². The van der Waals surface area contributed by atoms with Crippen LogP contribution in [0, 0.1) is 27.7 Å². The van der Waals surface area contributed by atoms with E-state index in [0.717, 1.165) is 11.3 Å². The van der Waals surface area contributed by atoms with Gasteiger partial charge in [-0.2, -0.15) is 5.10 Å². The number of aromatic nitrogens is 2. The van der Waals surface area contributed by atoms with Gasteiger partial charge >= 0.3 is 0 Å². The van der Waals surface area contributed by atoms with Gasteiger partial charge in [0.05, 0.1) is 11.9 Å². The smallest absolute Gasteiger partial charge is 0.0707 e. The molecule has 17 heavy (non-hydrogen) atoms. The van der Waals surface area contributed by atoms with Gasteiger partial charge in [-0.15, -0.1) is 0 Å². The van der Waals surface area contributed by atoms with Gasteiger partial charge in [0.1, 0.15) is 0 Å². The zero-order valence-corrected chi connectivity index (χ0v) is 10.9. The summed E-state index contributed by atoms with van der Waals surface area (Å²) in [6.07, 6.45) is 1.86. The van der Waals surface area contributed by atoms with Gasteiger partial charge in [0.25, 0.3) is 0 Å². The van der Waals surface area contributed by atoms with E-state index >= 15 is 0 Å². The van der Waals surface area contributed by atoms with Crippen molar-refractivity contribution in [1.82, 2.24) is 9.78 Å². The Morgan fingerprint density at radius 1 is 1.12 bits per heavy atom. The van der Waals surface area contributed by atoms with Crippen LogP contribution in [0.1, 0.15) is 27.9 Å². The summed E-state index contributed by atoms with van der Waals surface area (Å²) in [5, 5.41) is 4.44. The van der Waals surface area contributed by atoms with Gasteiger partial charge < -0.3 is 5.73 Å². The summed E-state index contributed by atoms with van der Waals surface area (Å²) in [4.78, 5) is 0. The highest BCUT2D eigenvalue weighted by Crippen LogP contribution is 2.22. The third-order valence-electron chi connectivity index (χ3n) is 3.18. The van der Waals surface area contributed by atoms with Gasteiger partial charge in [0.2, 0.25) is 0 Å². The predicted octanol–water partition coefficient (Wildman–Crippen LogP) is 2.56. The molecule has 0 fully saturated rings. The second-order valence-corrected chi connectivity index (χ2v) is 4.62. The number of hydrogen-bond donors (Lipinski definition) is 1. The van der Waals surface area contributed by atoms with E-state index in [9.17, 15) is 0 Å². The number of nitrogens with two attached hydrogens (primary N) is 1. The monoisotopic (exact) mass is 229 g/mol. The number of hydrogen-bond acceptors (Lipinski definition) is 2. The third-order valence-corrected chi connectivity index (χ3v) is 3.18. The average Bonchev–Trinajstić information content (AvgIpc) is 2.59. The molecule has 0 atom stereocenters. The van der Waals surface area contributed by atoms with Crippen LogP contribution in [0.25, 0.3) is 5.69 Å². The molecule has 3 heteroatoms. The highest BCUT2D eigenvalue weighted by atomic mass is 15.3. The van der Waals surface area contributed by atoms with Crippen LogP contribution in [0.5, 0.6) is 0 Å². The Balaban J connectivity index is 2.64. The quantitative estimate of drug-likeness (QED) is 0.860. The SMILES string of the molecule is Cc1cc(C)c(-n2ncc(CN)c2C)c(C)c1. The molecule has 0 saturated heterocycles. The van der Waals surface area contributed by atoms with Crippen LogP contribution in [0.4, 0.5) is 0 Å². The number of benzene rings is 1. The molecule has 0 amide bonds. The lowest BCUT2D eigenvalue weighted by Crippen LogP contribution is -2.06. The van der Waals surface area contributed by atoms with Gasteiger partial charge in [0.15, 0.2) is 0 Å². The van der Waals surface area contributed by atoms with Crippen molar-refractivity contribution >= 4 is 0 Å². The Labute approximate surface area is 102 Å². The molecule has 0 radical (unpaired) electrons. The van der Waals surface area contributed by atoms with Crippen LogP contribution in [0.3, 0.4) is 0 Å². The van der Waals surface area contributed by atoms with Crippen molar-refractivity contribution in [2.75, 3.05) is 0 Å². The maximum absolute atomic E-state index is 5.69. The molecule has 0 aliphatic rings. The lowest BCUT2D eigenvalue weighted by molar-refractivity contribution is 0.829. The standard InChI is InChI=1S/C14H19N3/c1-9-5-10(2)14(11(3)6-9)17-12(4)13(7-15)8-16-17/h5-6,8H,7,15H2,1-4H3. The normalized spacial score (nSPS) is 10.9. The van der Waals surface area contributed by atoms with Crippen molar-refractivity contribution in [2.45, 2.75) is 34.2 Å². The summed E-state index contributed by atoms with van der Waals surface area (Å²) in [6, 6.07) is 4.37. The lowest BCUT2D eigenvalue weighted by Gasteiger charge is -2.13. The van der Waals surface area contributed by atoms with Crippen molar-refractivity contribution in [3.8, 4) is 5.69 Å². The lowest BCUT2D eigenvalue weighted by atomic mass is 10.0. The average molecular weight is 229 g/mol. The van der Waals surface area contributed by atoms with E-state index in [1.54, 1.807) is 0 Å². The van der Waals surface area contributed by atoms with E-state index in [4.69, 9.17) is 5.73 Å². The molecule has 0 aliphatic heterocycles. The fourth-order valence-electron chi connectivity index (χ4n) is 2.38. The summed E-state index contributed by atoms with van der Waals surface area (Å²) >= 11 is 0. The molecule has 2 N–H and O–H groups in total. The first-order valence-electron chi connectivity index (χ1n) is 5.86. The summed E-state index contributed by atoms with van der Waals surface area (Å²) in [7, 11) is 0. The van der Waals surface area contributed by atoms with E-state index in [0.29, 0.717) is 6.54 Å². The van der Waals surface area contributed by atoms with Crippen molar-refractivity contribution in [3.63, 3.8) is 0 Å². The molecule has 1 aromatic carbocycles. The van der Waals surface area contributed by atoms with Gasteiger partial charge in [0, 0.05) is 17.8 Å². The van der Waals surface area contributed by atoms with Crippen LogP contribution >= 0.6 is 0 Å². The van der Waals surface area contributed by atoms with Crippen LogP contribution in [0.15, 0.2) is 18.3 Å². The Kier molecular flexibility index (Phi) is 3.03. The van der Waals surface area contributed by atoms with Crippen molar-refractivity contribution < 1.29 is 0 Å². The topological polar surface area (TPSA) is 43.8 Å². The molecular formula is C14H19N3. The van der Waals surface area contributed by atoms with Crippen molar-refractivity contribution in [1.29, 1.82) is 0 Å². The zero-order valence-electron chi connectivity index (χ0n) is 10.9. The molecule has 1 heterocycles. The first-order chi connectivity index (χ1) is 8.04. The number of aryl methyl sites for hydroxylation is 3. The number of rotatable bonds is 2. The molecule has 0 spiro atoms. The summed E-state index contributed by atoms with van der Waals surface area (Å²) in [6.45, 7) is 8.96. The van der Waals surface area contributed by atoms with E-state index in [2.05, 4.69) is 44.9 Å². The van der Waals surface area contributed by atoms with E-state index in [1.165, 1.54) is 22.4 Å². The minimum Gasteiger partial charge on any atom is -0.326 e. The van der Waals surface area contributed by atoms with Gasteiger partial charge in [-0.25, -0.2) is 4.68 Å². The van der Waals surface area contributed by atoms with Gasteiger partial charge in [-0.05, 0) is 38.8 Å². The Morgan fingerprint density at radius 3 is 2.18 bits per heavy atom. The Morgan fingerprint density at radius 2 is 1.71 bits per heavy atom. The molecule has 0 saturated carbocycles. The maximum Gasteiger partial charge on any atom is 0.0707 e. The molecule has 1 aromatic heterocycles. The van der Waals surface area contributed by atoms with E-state index in [-0.39, 0.29) is 0 Å². The van der Waals surface area contributed by atoms with Crippen LogP contribution in [0.2, 0.25) is 0 Å². The summed E-state index contributed by atoms with van der Waals surface area (Å²) in [5.41, 5.74) is 12.9. The second-order valence-electron chi connectivity index (χ2n) is 4.62. The Hall–Kier alpha value is -1.61. The van der Waals surface area contributed by atoms with E-state index in [1.807, 2.05) is 10.9 Å². The molecule has 0 unspecified atom stereocenters.